The first-order valence-electron chi connectivity index (χ1n) is 13.0. The third-order valence-electron chi connectivity index (χ3n) is 7.41. The third kappa shape index (κ3) is 6.51. The molecule has 3 fully saturated rings. The van der Waals surface area contributed by atoms with Gasteiger partial charge in [0.05, 0.1) is 18.1 Å². The molecule has 2 aromatic rings. The van der Waals surface area contributed by atoms with Crippen LogP contribution < -0.4 is 9.80 Å². The molecule has 0 saturated carbocycles. The zero-order valence-electron chi connectivity index (χ0n) is 20.9. The Kier molecular flexibility index (Phi) is 7.80. The number of nitrogens with zero attached hydrogens (tertiary/aromatic N) is 6. The normalized spacial score (nSPS) is 21.5. The van der Waals surface area contributed by atoms with Gasteiger partial charge in [0.1, 0.15) is 0 Å². The van der Waals surface area contributed by atoms with Crippen LogP contribution in [0.1, 0.15) is 24.0 Å². The van der Waals surface area contributed by atoms with E-state index in [1.54, 1.807) is 4.90 Å². The van der Waals surface area contributed by atoms with Crippen LogP contribution in [0.2, 0.25) is 0 Å². The van der Waals surface area contributed by atoms with Crippen molar-refractivity contribution >= 4 is 17.5 Å². The van der Waals surface area contributed by atoms with Crippen LogP contribution >= 0.6 is 0 Å². The molecular weight excluding hydrogens is 485 g/mol. The molecule has 200 valence electrons. The number of alkyl halides is 3. The minimum absolute atomic E-state index is 0.0838. The lowest BCUT2D eigenvalue weighted by Gasteiger charge is -2.37. The van der Waals surface area contributed by atoms with Crippen LogP contribution in [0.15, 0.2) is 36.4 Å². The first kappa shape index (κ1) is 25.7. The van der Waals surface area contributed by atoms with E-state index >= 15 is 0 Å². The number of ether oxygens (including phenoxy) is 1. The quantitative estimate of drug-likeness (QED) is 0.583. The average molecular weight is 519 g/mol. The van der Waals surface area contributed by atoms with Gasteiger partial charge < -0.3 is 19.4 Å². The topological polar surface area (TPSA) is 65.0 Å². The maximum atomic E-state index is 12.7. The van der Waals surface area contributed by atoms with Gasteiger partial charge in [-0.15, -0.1) is 10.2 Å². The minimum Gasteiger partial charge on any atom is -0.377 e. The molecule has 1 atom stereocenters. The lowest BCUT2D eigenvalue weighted by molar-refractivity contribution is -0.137. The van der Waals surface area contributed by atoms with Gasteiger partial charge in [0.25, 0.3) is 0 Å². The van der Waals surface area contributed by atoms with Gasteiger partial charge in [-0.25, -0.2) is 0 Å². The molecule has 4 heterocycles. The Morgan fingerprint density at radius 1 is 0.865 bits per heavy atom. The van der Waals surface area contributed by atoms with Crippen LogP contribution in [0.3, 0.4) is 0 Å². The highest BCUT2D eigenvalue weighted by molar-refractivity contribution is 5.79. The molecule has 1 unspecified atom stereocenters. The molecule has 11 heteroatoms. The van der Waals surface area contributed by atoms with Gasteiger partial charge in [0, 0.05) is 65.5 Å². The lowest BCUT2D eigenvalue weighted by Crippen LogP contribution is -2.49. The second-order valence-electron chi connectivity index (χ2n) is 9.91. The molecule has 0 bridgehead atoms. The highest BCUT2D eigenvalue weighted by Crippen LogP contribution is 2.29. The van der Waals surface area contributed by atoms with Crippen molar-refractivity contribution in [3.63, 3.8) is 0 Å². The largest absolute Gasteiger partial charge is 0.416 e. The molecule has 0 aliphatic carbocycles. The summed E-state index contributed by atoms with van der Waals surface area (Å²) in [5.41, 5.74) is -0.129. The van der Waals surface area contributed by atoms with Crippen molar-refractivity contribution in [3.05, 3.63) is 47.5 Å². The van der Waals surface area contributed by atoms with E-state index in [2.05, 4.69) is 24.9 Å². The van der Waals surface area contributed by atoms with E-state index in [9.17, 15) is 18.0 Å². The van der Waals surface area contributed by atoms with Gasteiger partial charge >= 0.3 is 6.18 Å². The number of aromatic nitrogens is 2. The summed E-state index contributed by atoms with van der Waals surface area (Å²) in [6, 6.07) is 8.79. The molecule has 0 spiro atoms. The molecule has 0 N–H and O–H groups in total. The summed E-state index contributed by atoms with van der Waals surface area (Å²) in [5, 5.41) is 8.92. The molecule has 3 aliphatic heterocycles. The van der Waals surface area contributed by atoms with Crippen LogP contribution in [0.4, 0.5) is 24.8 Å². The van der Waals surface area contributed by atoms with Crippen LogP contribution in [0, 0.1) is 0 Å². The number of hydrogen-bond acceptors (Lipinski definition) is 7. The van der Waals surface area contributed by atoms with E-state index in [1.807, 2.05) is 12.1 Å². The van der Waals surface area contributed by atoms with E-state index in [-0.39, 0.29) is 12.3 Å². The Balaban J connectivity index is 1.07. The Morgan fingerprint density at radius 3 is 1.97 bits per heavy atom. The Hall–Kier alpha value is -2.92. The molecule has 1 amide bonds. The molecular formula is C26H33F3N6O2. The van der Waals surface area contributed by atoms with Crippen molar-refractivity contribution in [2.45, 2.75) is 31.5 Å². The van der Waals surface area contributed by atoms with Crippen molar-refractivity contribution in [3.8, 4) is 0 Å². The number of piperazine rings is 2. The highest BCUT2D eigenvalue weighted by Gasteiger charge is 2.30. The van der Waals surface area contributed by atoms with E-state index in [4.69, 9.17) is 4.74 Å². The summed E-state index contributed by atoms with van der Waals surface area (Å²) >= 11 is 0. The molecule has 3 saturated heterocycles. The minimum atomic E-state index is -4.38. The Morgan fingerprint density at radius 2 is 1.46 bits per heavy atom. The molecule has 37 heavy (non-hydrogen) atoms. The number of hydrogen-bond donors (Lipinski definition) is 0. The van der Waals surface area contributed by atoms with Gasteiger partial charge in [-0.3, -0.25) is 9.69 Å². The zero-order valence-corrected chi connectivity index (χ0v) is 20.9. The maximum absolute atomic E-state index is 12.7. The highest BCUT2D eigenvalue weighted by atomic mass is 19.4. The van der Waals surface area contributed by atoms with E-state index in [0.717, 1.165) is 69.5 Å². The van der Waals surface area contributed by atoms with Gasteiger partial charge in [0.2, 0.25) is 5.91 Å². The number of anilines is 2. The fraction of sp³-hybridized carbons (Fsp3) is 0.577. The first-order valence-corrected chi connectivity index (χ1v) is 13.0. The van der Waals surface area contributed by atoms with Crippen molar-refractivity contribution in [2.24, 2.45) is 0 Å². The number of halogens is 3. The van der Waals surface area contributed by atoms with Crippen molar-refractivity contribution in [2.75, 3.05) is 75.3 Å². The first-order chi connectivity index (χ1) is 17.8. The molecule has 1 aromatic carbocycles. The fourth-order valence-electron chi connectivity index (χ4n) is 5.17. The summed E-state index contributed by atoms with van der Waals surface area (Å²) < 4.78 is 44.0. The summed E-state index contributed by atoms with van der Waals surface area (Å²) in [6.45, 7) is 8.06. The van der Waals surface area contributed by atoms with Gasteiger partial charge in [-0.2, -0.15) is 13.2 Å². The van der Waals surface area contributed by atoms with Gasteiger partial charge in [-0.05, 0) is 42.7 Å². The molecule has 0 radical (unpaired) electrons. The number of amides is 1. The van der Waals surface area contributed by atoms with Crippen LogP contribution in [0.25, 0.3) is 0 Å². The molecule has 3 aliphatic rings. The molecule has 5 rings (SSSR count). The fourth-order valence-corrected chi connectivity index (χ4v) is 5.17. The Bertz CT molecular complexity index is 1030. The zero-order chi connectivity index (χ0) is 25.8. The van der Waals surface area contributed by atoms with Crippen molar-refractivity contribution in [1.82, 2.24) is 20.0 Å². The predicted octanol–water partition coefficient (Wildman–Crippen LogP) is 2.69. The second-order valence-corrected chi connectivity index (χ2v) is 9.91. The number of carbonyl (C=O) groups excluding carboxylic acids is 1. The van der Waals surface area contributed by atoms with Gasteiger partial charge in [0.15, 0.2) is 11.6 Å². The summed E-state index contributed by atoms with van der Waals surface area (Å²) in [6.07, 6.45) is -1.58. The standard InChI is InChI=1S/C26H33F3N6O2/c27-26(28,29)21-5-3-20(4-6-21)18-25(36)35-15-13-34(14-16-35)24-8-7-23(30-31-24)33-11-9-32(10-12-33)19-22-2-1-17-37-22/h3-8,22H,1-2,9-19H2. The van der Waals surface area contributed by atoms with Crippen molar-refractivity contribution < 1.29 is 22.7 Å². The molecule has 8 nitrogen and oxygen atoms in total. The van der Waals surface area contributed by atoms with E-state index in [1.165, 1.54) is 18.6 Å². The average Bonchev–Trinajstić information content (AvgIpc) is 3.42. The van der Waals surface area contributed by atoms with Crippen molar-refractivity contribution in [1.29, 1.82) is 0 Å². The summed E-state index contributed by atoms with van der Waals surface area (Å²) in [4.78, 5) is 21.3. The number of carbonyl (C=O) groups is 1. The monoisotopic (exact) mass is 518 g/mol. The predicted molar refractivity (Wildman–Crippen MR) is 134 cm³/mol. The molecule has 1 aromatic heterocycles. The second kappa shape index (κ2) is 11.2. The SMILES string of the molecule is O=C(Cc1ccc(C(F)(F)F)cc1)N1CCN(c2ccc(N3CCN(CC4CCCO4)CC3)nn2)CC1. The Labute approximate surface area is 215 Å². The third-order valence-corrected chi connectivity index (χ3v) is 7.41. The van der Waals surface area contributed by atoms with E-state index in [0.29, 0.717) is 37.8 Å². The van der Waals surface area contributed by atoms with Crippen LogP contribution in [-0.4, -0.2) is 97.5 Å². The van der Waals surface area contributed by atoms with E-state index < -0.39 is 11.7 Å². The van der Waals surface area contributed by atoms with Gasteiger partial charge in [-0.1, -0.05) is 12.1 Å². The van der Waals surface area contributed by atoms with Crippen LogP contribution in [0.5, 0.6) is 0 Å². The summed E-state index contributed by atoms with van der Waals surface area (Å²) in [7, 11) is 0. The smallest absolute Gasteiger partial charge is 0.377 e. The van der Waals surface area contributed by atoms with Crippen LogP contribution in [-0.2, 0) is 22.1 Å². The lowest BCUT2D eigenvalue weighted by atomic mass is 10.1. The summed E-state index contributed by atoms with van der Waals surface area (Å²) in [5.74, 6) is 1.58. The maximum Gasteiger partial charge on any atom is 0.416 e. The number of rotatable bonds is 6. The number of benzene rings is 1.